The van der Waals surface area contributed by atoms with Gasteiger partial charge in [-0.1, -0.05) is 6.92 Å². The first-order chi connectivity index (χ1) is 8.63. The van der Waals surface area contributed by atoms with Gasteiger partial charge in [0, 0.05) is 32.3 Å². The molecule has 0 bridgehead atoms. The van der Waals surface area contributed by atoms with Gasteiger partial charge in [0.15, 0.2) is 0 Å². The Balaban J connectivity index is 2.36. The van der Waals surface area contributed by atoms with E-state index in [1.54, 1.807) is 10.9 Å². The van der Waals surface area contributed by atoms with Crippen LogP contribution in [0.1, 0.15) is 18.3 Å². The van der Waals surface area contributed by atoms with E-state index in [0.717, 1.165) is 35.1 Å². The summed E-state index contributed by atoms with van der Waals surface area (Å²) in [5.41, 5.74) is 1.92. The van der Waals surface area contributed by atoms with Gasteiger partial charge in [0.1, 0.15) is 17.5 Å². The second kappa shape index (κ2) is 5.03. The van der Waals surface area contributed by atoms with Crippen LogP contribution >= 0.6 is 0 Å². The summed E-state index contributed by atoms with van der Waals surface area (Å²) in [4.78, 5) is 8.94. The molecule has 2 N–H and O–H groups in total. The molecule has 0 amide bonds. The largest absolute Gasteiger partial charge is 0.373 e. The zero-order valence-electron chi connectivity index (χ0n) is 11.2. The van der Waals surface area contributed by atoms with Crippen LogP contribution in [0.3, 0.4) is 0 Å². The maximum atomic E-state index is 4.50. The SMILES string of the molecule is CCc1nc(NC)c(C)c(Nc2cnn(C)c2)n1. The molecule has 2 heterocycles. The molecule has 0 spiro atoms. The van der Waals surface area contributed by atoms with E-state index in [4.69, 9.17) is 0 Å². The summed E-state index contributed by atoms with van der Waals surface area (Å²) in [6.07, 6.45) is 4.48. The van der Waals surface area contributed by atoms with E-state index in [-0.39, 0.29) is 0 Å². The maximum Gasteiger partial charge on any atom is 0.139 e. The second-order valence-electron chi connectivity index (χ2n) is 4.09. The highest BCUT2D eigenvalue weighted by Gasteiger charge is 2.09. The number of hydrogen-bond acceptors (Lipinski definition) is 5. The van der Waals surface area contributed by atoms with Crippen LogP contribution in [0, 0.1) is 6.92 Å². The summed E-state index contributed by atoms with van der Waals surface area (Å²) in [6, 6.07) is 0. The molecule has 2 rings (SSSR count). The van der Waals surface area contributed by atoms with Gasteiger partial charge in [-0.05, 0) is 6.92 Å². The minimum Gasteiger partial charge on any atom is -0.373 e. The zero-order valence-corrected chi connectivity index (χ0v) is 11.2. The monoisotopic (exact) mass is 246 g/mol. The van der Waals surface area contributed by atoms with E-state index in [9.17, 15) is 0 Å². The smallest absolute Gasteiger partial charge is 0.139 e. The minimum absolute atomic E-state index is 0.802. The molecule has 2 aromatic heterocycles. The van der Waals surface area contributed by atoms with Gasteiger partial charge in [-0.2, -0.15) is 5.10 Å². The van der Waals surface area contributed by atoms with Crippen LogP contribution in [-0.2, 0) is 13.5 Å². The number of anilines is 3. The summed E-state index contributed by atoms with van der Waals surface area (Å²) in [5, 5.41) is 10.5. The van der Waals surface area contributed by atoms with Gasteiger partial charge in [0.2, 0.25) is 0 Å². The molecule has 6 nitrogen and oxygen atoms in total. The highest BCUT2D eigenvalue weighted by Crippen LogP contribution is 2.23. The topological polar surface area (TPSA) is 67.7 Å². The number of nitrogens with one attached hydrogen (secondary N) is 2. The summed E-state index contributed by atoms with van der Waals surface area (Å²) >= 11 is 0. The van der Waals surface area contributed by atoms with Crippen molar-refractivity contribution in [1.82, 2.24) is 19.7 Å². The molecule has 0 unspecified atom stereocenters. The Morgan fingerprint density at radius 3 is 2.56 bits per heavy atom. The van der Waals surface area contributed by atoms with Gasteiger partial charge in [-0.3, -0.25) is 4.68 Å². The Kier molecular flexibility index (Phi) is 3.45. The van der Waals surface area contributed by atoms with Crippen molar-refractivity contribution < 1.29 is 0 Å². The van der Waals surface area contributed by atoms with Crippen LogP contribution in [0.5, 0.6) is 0 Å². The normalized spacial score (nSPS) is 10.4. The van der Waals surface area contributed by atoms with Gasteiger partial charge in [-0.15, -0.1) is 0 Å². The summed E-state index contributed by atoms with van der Waals surface area (Å²) in [7, 11) is 3.75. The fraction of sp³-hybridized carbons (Fsp3) is 0.417. The Hall–Kier alpha value is -2.11. The van der Waals surface area contributed by atoms with Crippen molar-refractivity contribution in [3.05, 3.63) is 23.8 Å². The lowest BCUT2D eigenvalue weighted by molar-refractivity contribution is 0.768. The third-order valence-corrected chi connectivity index (χ3v) is 2.71. The quantitative estimate of drug-likeness (QED) is 0.862. The average molecular weight is 246 g/mol. The van der Waals surface area contributed by atoms with Crippen LogP contribution in [0.15, 0.2) is 12.4 Å². The molecule has 0 aliphatic carbocycles. The van der Waals surface area contributed by atoms with Crippen molar-refractivity contribution >= 4 is 17.3 Å². The standard InChI is InChI=1S/C12H18N6/c1-5-10-16-11(13-3)8(2)12(17-10)15-9-6-14-18(4)7-9/h6-7H,5H2,1-4H3,(H2,13,15,16,17). The van der Waals surface area contributed by atoms with Gasteiger partial charge in [0.25, 0.3) is 0 Å². The van der Waals surface area contributed by atoms with Gasteiger partial charge in [-0.25, -0.2) is 9.97 Å². The maximum absolute atomic E-state index is 4.50. The fourth-order valence-corrected chi connectivity index (χ4v) is 1.71. The molecular formula is C12H18N6. The molecule has 0 aromatic carbocycles. The van der Waals surface area contributed by atoms with Crippen LogP contribution in [0.25, 0.3) is 0 Å². The first-order valence-corrected chi connectivity index (χ1v) is 5.95. The van der Waals surface area contributed by atoms with E-state index in [1.165, 1.54) is 0 Å². The number of hydrogen-bond donors (Lipinski definition) is 2. The molecule has 2 aromatic rings. The lowest BCUT2D eigenvalue weighted by Crippen LogP contribution is -2.06. The Morgan fingerprint density at radius 2 is 2.00 bits per heavy atom. The van der Waals surface area contributed by atoms with E-state index < -0.39 is 0 Å². The molecule has 0 atom stereocenters. The highest BCUT2D eigenvalue weighted by molar-refractivity contribution is 5.63. The van der Waals surface area contributed by atoms with Crippen molar-refractivity contribution in [1.29, 1.82) is 0 Å². The number of rotatable bonds is 4. The summed E-state index contributed by atoms with van der Waals surface area (Å²) in [5.74, 6) is 2.49. The van der Waals surface area contributed by atoms with Crippen molar-refractivity contribution in [2.75, 3.05) is 17.7 Å². The van der Waals surface area contributed by atoms with E-state index in [2.05, 4.69) is 25.7 Å². The molecule has 18 heavy (non-hydrogen) atoms. The molecule has 0 fully saturated rings. The molecule has 0 aliphatic heterocycles. The van der Waals surface area contributed by atoms with Crippen molar-refractivity contribution in [2.24, 2.45) is 7.05 Å². The molecule has 6 heteroatoms. The average Bonchev–Trinajstić information content (AvgIpc) is 2.77. The third kappa shape index (κ3) is 2.42. The Morgan fingerprint density at radius 1 is 1.28 bits per heavy atom. The van der Waals surface area contributed by atoms with Crippen LogP contribution in [-0.4, -0.2) is 26.8 Å². The van der Waals surface area contributed by atoms with Gasteiger partial charge < -0.3 is 10.6 Å². The molecular weight excluding hydrogens is 228 g/mol. The first kappa shape index (κ1) is 12.3. The van der Waals surface area contributed by atoms with Crippen molar-refractivity contribution in [2.45, 2.75) is 20.3 Å². The summed E-state index contributed by atoms with van der Waals surface area (Å²) < 4.78 is 1.75. The number of aromatic nitrogens is 4. The zero-order chi connectivity index (χ0) is 13.1. The highest BCUT2D eigenvalue weighted by atomic mass is 15.3. The number of nitrogens with zero attached hydrogens (tertiary/aromatic N) is 4. The van der Waals surface area contributed by atoms with E-state index >= 15 is 0 Å². The Labute approximate surface area is 106 Å². The van der Waals surface area contributed by atoms with Crippen molar-refractivity contribution in [3.8, 4) is 0 Å². The Bertz CT molecular complexity index is 545. The third-order valence-electron chi connectivity index (χ3n) is 2.71. The van der Waals surface area contributed by atoms with Gasteiger partial charge in [0.05, 0.1) is 11.9 Å². The van der Waals surface area contributed by atoms with Crippen LogP contribution in [0.2, 0.25) is 0 Å². The molecule has 96 valence electrons. The lowest BCUT2D eigenvalue weighted by atomic mass is 10.3. The van der Waals surface area contributed by atoms with Crippen LogP contribution < -0.4 is 10.6 Å². The molecule has 0 radical (unpaired) electrons. The first-order valence-electron chi connectivity index (χ1n) is 5.95. The fourth-order valence-electron chi connectivity index (χ4n) is 1.71. The predicted octanol–water partition coefficient (Wildman–Crippen LogP) is 1.87. The summed E-state index contributed by atoms with van der Waals surface area (Å²) in [6.45, 7) is 4.03. The minimum atomic E-state index is 0.802. The van der Waals surface area contributed by atoms with E-state index in [1.807, 2.05) is 34.1 Å². The van der Waals surface area contributed by atoms with E-state index in [0.29, 0.717) is 0 Å². The predicted molar refractivity (Wildman–Crippen MR) is 72.2 cm³/mol. The van der Waals surface area contributed by atoms with Crippen molar-refractivity contribution in [3.63, 3.8) is 0 Å². The number of aryl methyl sites for hydroxylation is 2. The second-order valence-corrected chi connectivity index (χ2v) is 4.09. The molecule has 0 aliphatic rings. The van der Waals surface area contributed by atoms with Gasteiger partial charge >= 0.3 is 0 Å². The molecule has 0 saturated carbocycles. The molecule has 0 saturated heterocycles. The van der Waals surface area contributed by atoms with Crippen LogP contribution in [0.4, 0.5) is 17.3 Å². The lowest BCUT2D eigenvalue weighted by Gasteiger charge is -2.12.